The molecule has 5 nitrogen and oxygen atoms in total. The van der Waals surface area contributed by atoms with Crippen molar-refractivity contribution >= 4 is 39.0 Å². The number of hydrogen-bond donors (Lipinski definition) is 0. The van der Waals surface area contributed by atoms with Crippen molar-refractivity contribution in [1.82, 2.24) is 10.2 Å². The topological polar surface area (TPSA) is 61.3 Å². The average Bonchev–Trinajstić information content (AvgIpc) is 3.15. The first kappa shape index (κ1) is 18.7. The SMILES string of the molecule is CCOC(=O)c1nnc(CC2=COC=CC2)c2cc(-c3ccc(Cl)cc3)sc12. The second-order valence-corrected chi connectivity index (χ2v) is 7.73. The number of halogens is 1. The average molecular weight is 413 g/mol. The van der Waals surface area contributed by atoms with Crippen LogP contribution in [0.4, 0.5) is 0 Å². The minimum Gasteiger partial charge on any atom is -0.473 e. The van der Waals surface area contributed by atoms with Crippen LogP contribution in [-0.4, -0.2) is 22.8 Å². The number of carbonyl (C=O) groups excluding carboxylic acids is 1. The van der Waals surface area contributed by atoms with Crippen molar-refractivity contribution < 1.29 is 14.3 Å². The zero-order valence-electron chi connectivity index (χ0n) is 15.1. The van der Waals surface area contributed by atoms with Gasteiger partial charge in [-0.15, -0.1) is 16.4 Å². The molecule has 3 aromatic rings. The minimum atomic E-state index is -0.459. The van der Waals surface area contributed by atoms with E-state index in [-0.39, 0.29) is 12.3 Å². The van der Waals surface area contributed by atoms with E-state index >= 15 is 0 Å². The van der Waals surface area contributed by atoms with Gasteiger partial charge in [0, 0.05) is 21.7 Å². The lowest BCUT2D eigenvalue weighted by molar-refractivity contribution is 0.0521. The van der Waals surface area contributed by atoms with E-state index in [9.17, 15) is 4.79 Å². The van der Waals surface area contributed by atoms with Gasteiger partial charge < -0.3 is 9.47 Å². The molecule has 1 aliphatic rings. The summed E-state index contributed by atoms with van der Waals surface area (Å²) in [7, 11) is 0. The summed E-state index contributed by atoms with van der Waals surface area (Å²) in [5.41, 5.74) is 3.18. The molecule has 7 heteroatoms. The number of ether oxygens (including phenoxy) is 2. The van der Waals surface area contributed by atoms with Crippen LogP contribution in [-0.2, 0) is 15.9 Å². The van der Waals surface area contributed by atoms with Crippen molar-refractivity contribution in [2.75, 3.05) is 6.61 Å². The van der Waals surface area contributed by atoms with Crippen LogP contribution >= 0.6 is 22.9 Å². The van der Waals surface area contributed by atoms with Crippen LogP contribution in [0.5, 0.6) is 0 Å². The molecule has 142 valence electrons. The van der Waals surface area contributed by atoms with E-state index in [1.807, 2.05) is 30.3 Å². The van der Waals surface area contributed by atoms with Crippen LogP contribution in [0.1, 0.15) is 29.5 Å². The van der Waals surface area contributed by atoms with E-state index in [4.69, 9.17) is 21.1 Å². The maximum absolute atomic E-state index is 12.4. The Morgan fingerprint density at radius 2 is 2.11 bits per heavy atom. The third-order valence-electron chi connectivity index (χ3n) is 4.31. The van der Waals surface area contributed by atoms with Crippen molar-refractivity contribution in [1.29, 1.82) is 0 Å². The number of nitrogens with zero attached hydrogens (tertiary/aromatic N) is 2. The molecule has 0 spiro atoms. The number of benzene rings is 1. The van der Waals surface area contributed by atoms with E-state index in [0.717, 1.165) is 38.2 Å². The normalized spacial score (nSPS) is 13.3. The summed E-state index contributed by atoms with van der Waals surface area (Å²) >= 11 is 7.51. The quantitative estimate of drug-likeness (QED) is 0.514. The van der Waals surface area contributed by atoms with Crippen LogP contribution in [0.2, 0.25) is 5.02 Å². The highest BCUT2D eigenvalue weighted by atomic mass is 35.5. The van der Waals surface area contributed by atoms with Crippen molar-refractivity contribution in [2.24, 2.45) is 0 Å². The van der Waals surface area contributed by atoms with Crippen molar-refractivity contribution in [3.8, 4) is 10.4 Å². The van der Waals surface area contributed by atoms with Gasteiger partial charge in [0.1, 0.15) is 0 Å². The number of fused-ring (bicyclic) bond motifs is 1. The van der Waals surface area contributed by atoms with Crippen LogP contribution in [0, 0.1) is 0 Å². The first-order valence-electron chi connectivity index (χ1n) is 8.86. The lowest BCUT2D eigenvalue weighted by Crippen LogP contribution is -2.10. The zero-order chi connectivity index (χ0) is 19.5. The van der Waals surface area contributed by atoms with Crippen LogP contribution in [0.15, 0.2) is 54.5 Å². The Morgan fingerprint density at radius 3 is 2.82 bits per heavy atom. The standard InChI is InChI=1S/C21H17ClN2O3S/c1-2-27-21(25)19-20-16(11-18(28-20)14-5-7-15(22)8-6-14)17(23-24-19)10-13-4-3-9-26-12-13/h3,5-9,11-12H,2,4,10H2,1H3. The van der Waals surface area contributed by atoms with E-state index in [2.05, 4.69) is 16.3 Å². The fraction of sp³-hybridized carbons (Fsp3) is 0.190. The molecule has 4 rings (SSSR count). The largest absolute Gasteiger partial charge is 0.473 e. The molecular formula is C21H17ClN2O3S. The zero-order valence-corrected chi connectivity index (χ0v) is 16.7. The van der Waals surface area contributed by atoms with Crippen molar-refractivity contribution in [3.63, 3.8) is 0 Å². The van der Waals surface area contributed by atoms with Gasteiger partial charge in [0.05, 0.1) is 29.5 Å². The lowest BCUT2D eigenvalue weighted by Gasteiger charge is -2.09. The highest BCUT2D eigenvalue weighted by Crippen LogP contribution is 2.37. The molecule has 0 saturated carbocycles. The second kappa shape index (κ2) is 8.12. The summed E-state index contributed by atoms with van der Waals surface area (Å²) in [6.45, 7) is 2.06. The van der Waals surface area contributed by atoms with Crippen molar-refractivity contribution in [3.05, 3.63) is 70.9 Å². The summed E-state index contributed by atoms with van der Waals surface area (Å²) in [6, 6.07) is 9.67. The molecule has 0 bridgehead atoms. The minimum absolute atomic E-state index is 0.250. The molecule has 2 aromatic heterocycles. The van der Waals surface area contributed by atoms with Gasteiger partial charge >= 0.3 is 5.97 Å². The molecule has 0 radical (unpaired) electrons. The molecule has 3 heterocycles. The molecule has 0 atom stereocenters. The maximum Gasteiger partial charge on any atom is 0.360 e. The predicted molar refractivity (Wildman–Crippen MR) is 110 cm³/mol. The van der Waals surface area contributed by atoms with Gasteiger partial charge in [-0.3, -0.25) is 0 Å². The number of rotatable bonds is 5. The molecule has 0 aliphatic carbocycles. The van der Waals surface area contributed by atoms with Crippen molar-refractivity contribution in [2.45, 2.75) is 19.8 Å². The Morgan fingerprint density at radius 1 is 1.29 bits per heavy atom. The van der Waals surface area contributed by atoms with Crippen LogP contribution in [0.25, 0.3) is 20.5 Å². The molecule has 0 saturated heterocycles. The summed E-state index contributed by atoms with van der Waals surface area (Å²) in [5.74, 6) is -0.459. The van der Waals surface area contributed by atoms with Gasteiger partial charge in [-0.1, -0.05) is 23.7 Å². The van der Waals surface area contributed by atoms with Gasteiger partial charge in [0.2, 0.25) is 0 Å². The molecular weight excluding hydrogens is 396 g/mol. The third kappa shape index (κ3) is 3.79. The number of aromatic nitrogens is 2. The van der Waals surface area contributed by atoms with E-state index in [1.165, 1.54) is 11.3 Å². The summed E-state index contributed by atoms with van der Waals surface area (Å²) in [6.07, 6.45) is 6.77. The van der Waals surface area contributed by atoms with E-state index in [1.54, 1.807) is 19.4 Å². The molecule has 0 N–H and O–H groups in total. The summed E-state index contributed by atoms with van der Waals surface area (Å²) in [5, 5.41) is 10.1. The third-order valence-corrected chi connectivity index (χ3v) is 5.75. The monoisotopic (exact) mass is 412 g/mol. The number of carbonyl (C=O) groups is 1. The molecule has 1 aliphatic heterocycles. The van der Waals surface area contributed by atoms with Crippen LogP contribution < -0.4 is 0 Å². The molecule has 0 unspecified atom stereocenters. The smallest absolute Gasteiger partial charge is 0.360 e. The maximum atomic E-state index is 12.4. The Labute approximate surface area is 171 Å². The first-order chi connectivity index (χ1) is 13.7. The van der Waals surface area contributed by atoms with E-state index in [0.29, 0.717) is 11.4 Å². The summed E-state index contributed by atoms with van der Waals surface area (Å²) < 4.78 is 11.2. The number of esters is 1. The molecule has 0 fully saturated rings. The Bertz CT molecular complexity index is 1090. The second-order valence-electron chi connectivity index (χ2n) is 6.24. The molecule has 28 heavy (non-hydrogen) atoms. The van der Waals surface area contributed by atoms with Gasteiger partial charge in [-0.25, -0.2) is 4.79 Å². The highest BCUT2D eigenvalue weighted by molar-refractivity contribution is 7.22. The Balaban J connectivity index is 1.81. The molecule has 1 aromatic carbocycles. The van der Waals surface area contributed by atoms with Gasteiger partial charge in [-0.05, 0) is 48.8 Å². The van der Waals surface area contributed by atoms with Gasteiger partial charge in [-0.2, -0.15) is 5.10 Å². The fourth-order valence-corrected chi connectivity index (χ4v) is 4.26. The number of hydrogen-bond acceptors (Lipinski definition) is 6. The lowest BCUT2D eigenvalue weighted by atomic mass is 10.0. The Hall–Kier alpha value is -2.70. The molecule has 0 amide bonds. The van der Waals surface area contributed by atoms with Gasteiger partial charge in [0.15, 0.2) is 5.69 Å². The Kier molecular flexibility index (Phi) is 5.41. The fourth-order valence-electron chi connectivity index (χ4n) is 2.98. The number of thiophene rings is 1. The predicted octanol–water partition coefficient (Wildman–Crippen LogP) is 5.55. The number of allylic oxidation sites excluding steroid dienone is 2. The van der Waals surface area contributed by atoms with Crippen LogP contribution in [0.3, 0.4) is 0 Å². The van der Waals surface area contributed by atoms with E-state index < -0.39 is 5.97 Å². The summed E-state index contributed by atoms with van der Waals surface area (Å²) in [4.78, 5) is 13.4. The highest BCUT2D eigenvalue weighted by Gasteiger charge is 2.21. The first-order valence-corrected chi connectivity index (χ1v) is 10.1. The van der Waals surface area contributed by atoms with Gasteiger partial charge in [0.25, 0.3) is 0 Å².